The van der Waals surface area contributed by atoms with E-state index >= 15 is 0 Å². The SMILES string of the molecule is CCS(=O)(=O)N1CCC(C(=O)NCCSCc2ccccc2)CC1. The van der Waals surface area contributed by atoms with Crippen LogP contribution in [0.1, 0.15) is 25.3 Å². The van der Waals surface area contributed by atoms with Gasteiger partial charge in [0.1, 0.15) is 0 Å². The first kappa shape index (κ1) is 19.3. The predicted molar refractivity (Wildman–Crippen MR) is 99.4 cm³/mol. The number of carbonyl (C=O) groups is 1. The highest BCUT2D eigenvalue weighted by atomic mass is 32.2. The molecule has 24 heavy (non-hydrogen) atoms. The van der Waals surface area contributed by atoms with Gasteiger partial charge >= 0.3 is 0 Å². The summed E-state index contributed by atoms with van der Waals surface area (Å²) in [7, 11) is -3.12. The van der Waals surface area contributed by atoms with E-state index in [1.54, 1.807) is 18.7 Å². The maximum Gasteiger partial charge on any atom is 0.223 e. The third kappa shape index (κ3) is 5.79. The van der Waals surface area contributed by atoms with Crippen molar-refractivity contribution in [3.63, 3.8) is 0 Å². The normalized spacial score (nSPS) is 16.9. The summed E-state index contributed by atoms with van der Waals surface area (Å²) < 4.78 is 25.1. The van der Waals surface area contributed by atoms with Crippen LogP contribution >= 0.6 is 11.8 Å². The van der Waals surface area contributed by atoms with E-state index in [0.717, 1.165) is 11.5 Å². The summed E-state index contributed by atoms with van der Waals surface area (Å²) in [5, 5.41) is 2.98. The van der Waals surface area contributed by atoms with Crippen molar-refractivity contribution in [3.8, 4) is 0 Å². The number of nitrogens with one attached hydrogen (secondary N) is 1. The molecule has 0 radical (unpaired) electrons. The minimum atomic E-state index is -3.12. The van der Waals surface area contributed by atoms with Crippen LogP contribution in [0, 0.1) is 5.92 Å². The summed E-state index contributed by atoms with van der Waals surface area (Å²) in [6.45, 7) is 3.22. The molecule has 134 valence electrons. The lowest BCUT2D eigenvalue weighted by Gasteiger charge is -2.30. The van der Waals surface area contributed by atoms with Crippen LogP contribution in [0.5, 0.6) is 0 Å². The Morgan fingerprint density at radius 3 is 2.54 bits per heavy atom. The Bertz CT molecular complexity index is 612. The summed E-state index contributed by atoms with van der Waals surface area (Å²) in [5.41, 5.74) is 1.29. The topological polar surface area (TPSA) is 66.5 Å². The average Bonchev–Trinajstić information content (AvgIpc) is 2.62. The van der Waals surface area contributed by atoms with E-state index in [2.05, 4.69) is 17.4 Å². The minimum absolute atomic E-state index is 0.0591. The van der Waals surface area contributed by atoms with Gasteiger partial charge in [-0.2, -0.15) is 11.8 Å². The Labute approximate surface area is 149 Å². The number of hydrogen-bond acceptors (Lipinski definition) is 4. The maximum atomic E-state index is 12.2. The lowest BCUT2D eigenvalue weighted by Crippen LogP contribution is -2.43. The van der Waals surface area contributed by atoms with Crippen molar-refractivity contribution in [2.75, 3.05) is 31.1 Å². The highest BCUT2D eigenvalue weighted by Gasteiger charge is 2.29. The van der Waals surface area contributed by atoms with Crippen LogP contribution in [0.25, 0.3) is 0 Å². The van der Waals surface area contributed by atoms with Crippen molar-refractivity contribution in [2.24, 2.45) is 5.92 Å². The molecular formula is C17H26N2O3S2. The quantitative estimate of drug-likeness (QED) is 0.712. The highest BCUT2D eigenvalue weighted by Crippen LogP contribution is 2.20. The lowest BCUT2D eigenvalue weighted by atomic mass is 9.97. The Hall–Kier alpha value is -1.05. The summed E-state index contributed by atoms with van der Waals surface area (Å²) >= 11 is 1.80. The Kier molecular flexibility index (Phi) is 7.58. The van der Waals surface area contributed by atoms with E-state index in [4.69, 9.17) is 0 Å². The van der Waals surface area contributed by atoms with E-state index in [1.165, 1.54) is 9.87 Å². The van der Waals surface area contributed by atoms with Gasteiger partial charge in [0, 0.05) is 37.1 Å². The van der Waals surface area contributed by atoms with Gasteiger partial charge in [-0.15, -0.1) is 0 Å². The standard InChI is InChI=1S/C17H26N2O3S2/c1-2-24(21,22)19-11-8-16(9-12-19)17(20)18-10-13-23-14-15-6-4-3-5-7-15/h3-7,16H,2,8-14H2,1H3,(H,18,20). The molecule has 1 heterocycles. The van der Waals surface area contributed by atoms with E-state index < -0.39 is 10.0 Å². The zero-order chi connectivity index (χ0) is 17.4. The van der Waals surface area contributed by atoms with Gasteiger partial charge in [0.25, 0.3) is 0 Å². The molecule has 1 aromatic carbocycles. The smallest absolute Gasteiger partial charge is 0.223 e. The van der Waals surface area contributed by atoms with E-state index in [9.17, 15) is 13.2 Å². The monoisotopic (exact) mass is 370 g/mol. The van der Waals surface area contributed by atoms with Crippen LogP contribution in [-0.2, 0) is 20.6 Å². The molecule has 0 saturated carbocycles. The van der Waals surface area contributed by atoms with Gasteiger partial charge in [0.2, 0.25) is 15.9 Å². The number of hydrogen-bond donors (Lipinski definition) is 1. The van der Waals surface area contributed by atoms with Crippen LogP contribution in [0.2, 0.25) is 0 Å². The van der Waals surface area contributed by atoms with Crippen LogP contribution < -0.4 is 5.32 Å². The molecule has 1 aliphatic rings. The highest BCUT2D eigenvalue weighted by molar-refractivity contribution is 7.98. The van der Waals surface area contributed by atoms with Crippen molar-refractivity contribution < 1.29 is 13.2 Å². The molecule has 5 nitrogen and oxygen atoms in total. The first-order chi connectivity index (χ1) is 11.5. The molecule has 0 bridgehead atoms. The Morgan fingerprint density at radius 2 is 1.92 bits per heavy atom. The third-order valence-corrected chi connectivity index (χ3v) is 7.15. The van der Waals surface area contributed by atoms with Crippen molar-refractivity contribution in [1.82, 2.24) is 9.62 Å². The molecule has 1 aliphatic heterocycles. The van der Waals surface area contributed by atoms with E-state index in [1.807, 2.05) is 18.2 Å². The lowest BCUT2D eigenvalue weighted by molar-refractivity contribution is -0.125. The van der Waals surface area contributed by atoms with Crippen LogP contribution in [-0.4, -0.2) is 49.8 Å². The molecule has 1 aromatic rings. The number of thioether (sulfide) groups is 1. The van der Waals surface area contributed by atoms with Gasteiger partial charge in [-0.05, 0) is 25.3 Å². The Balaban J connectivity index is 1.62. The molecule has 1 fully saturated rings. The van der Waals surface area contributed by atoms with E-state index in [-0.39, 0.29) is 17.6 Å². The van der Waals surface area contributed by atoms with E-state index in [0.29, 0.717) is 32.5 Å². The number of nitrogens with zero attached hydrogens (tertiary/aromatic N) is 1. The summed E-state index contributed by atoms with van der Waals surface area (Å²) in [6, 6.07) is 10.3. The fourth-order valence-electron chi connectivity index (χ4n) is 2.73. The summed E-state index contributed by atoms with van der Waals surface area (Å²) in [5.74, 6) is 1.95. The third-order valence-electron chi connectivity index (χ3n) is 4.24. The number of amides is 1. The predicted octanol–water partition coefficient (Wildman–Crippen LogP) is 2.10. The molecule has 7 heteroatoms. The van der Waals surface area contributed by atoms with Gasteiger partial charge in [-0.3, -0.25) is 4.79 Å². The zero-order valence-corrected chi connectivity index (χ0v) is 15.7. The van der Waals surface area contributed by atoms with Gasteiger partial charge < -0.3 is 5.32 Å². The Morgan fingerprint density at radius 1 is 1.25 bits per heavy atom. The summed E-state index contributed by atoms with van der Waals surface area (Å²) in [4.78, 5) is 12.2. The molecule has 0 spiro atoms. The van der Waals surface area contributed by atoms with Crippen molar-refractivity contribution in [2.45, 2.75) is 25.5 Å². The molecule has 1 amide bonds. The van der Waals surface area contributed by atoms with Crippen LogP contribution in [0.15, 0.2) is 30.3 Å². The number of sulfonamides is 1. The largest absolute Gasteiger partial charge is 0.355 e. The van der Waals surface area contributed by atoms with Crippen molar-refractivity contribution in [3.05, 3.63) is 35.9 Å². The summed E-state index contributed by atoms with van der Waals surface area (Å²) in [6.07, 6.45) is 1.23. The number of piperidine rings is 1. The second-order valence-electron chi connectivity index (χ2n) is 5.90. The minimum Gasteiger partial charge on any atom is -0.355 e. The van der Waals surface area contributed by atoms with Crippen molar-refractivity contribution >= 4 is 27.7 Å². The molecule has 0 atom stereocenters. The maximum absolute atomic E-state index is 12.2. The fourth-order valence-corrected chi connectivity index (χ4v) is 4.68. The van der Waals surface area contributed by atoms with Gasteiger partial charge in [0.05, 0.1) is 5.75 Å². The van der Waals surface area contributed by atoms with Crippen LogP contribution in [0.4, 0.5) is 0 Å². The average molecular weight is 371 g/mol. The second kappa shape index (κ2) is 9.44. The first-order valence-electron chi connectivity index (χ1n) is 8.40. The zero-order valence-electron chi connectivity index (χ0n) is 14.1. The second-order valence-corrected chi connectivity index (χ2v) is 9.27. The van der Waals surface area contributed by atoms with Gasteiger partial charge in [0.15, 0.2) is 0 Å². The molecule has 0 aromatic heterocycles. The number of rotatable bonds is 8. The molecule has 1 saturated heterocycles. The molecular weight excluding hydrogens is 344 g/mol. The van der Waals surface area contributed by atoms with Crippen LogP contribution in [0.3, 0.4) is 0 Å². The number of benzene rings is 1. The van der Waals surface area contributed by atoms with Gasteiger partial charge in [-0.1, -0.05) is 30.3 Å². The van der Waals surface area contributed by atoms with Gasteiger partial charge in [-0.25, -0.2) is 12.7 Å². The molecule has 0 unspecified atom stereocenters. The fraction of sp³-hybridized carbons (Fsp3) is 0.588. The molecule has 2 rings (SSSR count). The number of carbonyl (C=O) groups excluding carboxylic acids is 1. The molecule has 1 N–H and O–H groups in total. The van der Waals surface area contributed by atoms with Crippen molar-refractivity contribution in [1.29, 1.82) is 0 Å². The molecule has 0 aliphatic carbocycles. The first-order valence-corrected chi connectivity index (χ1v) is 11.2.